The average molecular weight is 925 g/mol. The summed E-state index contributed by atoms with van der Waals surface area (Å²) in [7, 11) is 0. The third kappa shape index (κ3) is 20.1. The van der Waals surface area contributed by atoms with E-state index >= 15 is 0 Å². The molecule has 6 rings (SSSR count). The topological polar surface area (TPSA) is 68.8 Å². The third-order valence-corrected chi connectivity index (χ3v) is 14.8. The number of aliphatic hydroxyl groups is 1. The molecule has 4 saturated carbocycles. The van der Waals surface area contributed by atoms with Crippen LogP contribution in [0.4, 0.5) is 26.3 Å². The zero-order valence-corrected chi connectivity index (χ0v) is 43.3. The van der Waals surface area contributed by atoms with E-state index in [2.05, 4.69) is 90.1 Å². The van der Waals surface area contributed by atoms with E-state index in [1.54, 1.807) is 0 Å². The molecule has 6 nitrogen and oxygen atoms in total. The molecule has 2 unspecified atom stereocenters. The summed E-state index contributed by atoms with van der Waals surface area (Å²) in [6.07, 6.45) is 7.48. The molecule has 2 heterocycles. The van der Waals surface area contributed by atoms with Gasteiger partial charge in [-0.3, -0.25) is 4.90 Å². The van der Waals surface area contributed by atoms with Crippen molar-refractivity contribution in [2.45, 2.75) is 253 Å². The summed E-state index contributed by atoms with van der Waals surface area (Å²) >= 11 is 0. The maximum atomic E-state index is 12.8. The van der Waals surface area contributed by atoms with Gasteiger partial charge in [0, 0.05) is 48.9 Å². The molecule has 2 saturated heterocycles. The van der Waals surface area contributed by atoms with Gasteiger partial charge >= 0.3 is 12.4 Å². The molecule has 0 radical (unpaired) electrons. The highest BCUT2D eigenvalue weighted by molar-refractivity contribution is 5.06. The van der Waals surface area contributed by atoms with Crippen molar-refractivity contribution >= 4 is 0 Å². The molecule has 2 aliphatic heterocycles. The van der Waals surface area contributed by atoms with Gasteiger partial charge in [0.05, 0.1) is 11.5 Å². The first-order valence-electron chi connectivity index (χ1n) is 25.5. The van der Waals surface area contributed by atoms with Crippen molar-refractivity contribution in [2.24, 2.45) is 39.9 Å². The number of halogens is 6. The van der Waals surface area contributed by atoms with Crippen LogP contribution in [0.5, 0.6) is 0 Å². The molecule has 1 spiro atoms. The van der Waals surface area contributed by atoms with Crippen molar-refractivity contribution < 1.29 is 36.2 Å². The van der Waals surface area contributed by atoms with Crippen molar-refractivity contribution in [3.05, 3.63) is 0 Å². The van der Waals surface area contributed by atoms with E-state index in [4.69, 9.17) is 4.74 Å². The summed E-state index contributed by atoms with van der Waals surface area (Å²) in [6.45, 7) is 36.1. The van der Waals surface area contributed by atoms with E-state index in [1.807, 2.05) is 20.8 Å². The third-order valence-electron chi connectivity index (χ3n) is 14.8. The lowest BCUT2D eigenvalue weighted by Crippen LogP contribution is -2.65. The molecule has 4 N–H and O–H groups in total. The predicted octanol–water partition coefficient (Wildman–Crippen LogP) is 13.3. The minimum Gasteiger partial charge on any atom is -0.380 e. The van der Waals surface area contributed by atoms with Crippen molar-refractivity contribution in [3.63, 3.8) is 0 Å². The van der Waals surface area contributed by atoms with Gasteiger partial charge in [0.1, 0.15) is 0 Å². The smallest absolute Gasteiger partial charge is 0.380 e. The van der Waals surface area contributed by atoms with Crippen LogP contribution in [0.2, 0.25) is 0 Å². The fourth-order valence-corrected chi connectivity index (χ4v) is 10.7. The van der Waals surface area contributed by atoms with Gasteiger partial charge in [0.15, 0.2) is 5.60 Å². The lowest BCUT2D eigenvalue weighted by Gasteiger charge is -2.62. The summed E-state index contributed by atoms with van der Waals surface area (Å²) in [6, 6.07) is 0.964. The zero-order chi connectivity index (χ0) is 48.6. The number of nitrogens with one attached hydrogen (secondary N) is 3. The molecule has 6 aliphatic rings. The minimum atomic E-state index is -4.49. The van der Waals surface area contributed by atoms with Crippen LogP contribution in [-0.2, 0) is 4.74 Å². The Morgan fingerprint density at radius 1 is 0.594 bits per heavy atom. The zero-order valence-electron chi connectivity index (χ0n) is 43.3. The van der Waals surface area contributed by atoms with Crippen LogP contribution in [0.25, 0.3) is 0 Å². The number of ether oxygens (including phenoxy) is 1. The van der Waals surface area contributed by atoms with Gasteiger partial charge in [0.25, 0.3) is 0 Å². The van der Waals surface area contributed by atoms with Crippen LogP contribution in [-0.4, -0.2) is 96.1 Å². The number of rotatable bonds is 8. The lowest BCUT2D eigenvalue weighted by atomic mass is 9.55. The summed E-state index contributed by atoms with van der Waals surface area (Å²) in [5.74, 6) is 2.41. The summed E-state index contributed by atoms with van der Waals surface area (Å²) < 4.78 is 81.7. The van der Waals surface area contributed by atoms with Gasteiger partial charge in [0.2, 0.25) is 0 Å². The van der Waals surface area contributed by atoms with Gasteiger partial charge in [-0.25, -0.2) is 0 Å². The standard InChI is InChI=1S/C17H31N.C13H24F3N.C12H22F3NO.C10H21NO/c1-16(2,3)9-14-10-17(11-14)12-18(13-17)15-7-5-4-6-8-15;1-11(2,3)17-9-10-5-7-12(4,8-6-10)13(14,15)16;1-10(2,3)16-8-9-4-6-11(17,7-5-9)12(13,14)15;1-8-5-9(12-7-8)6-11-10(2,3)4/h14-15H,4-13H2,1-3H3;10,17H,5-9H2,1-4H3;9,16-17H,4-8H2,1-3H3;8-9,11H,5-7H2,1-4H3. The Morgan fingerprint density at radius 3 is 1.41 bits per heavy atom. The summed E-state index contributed by atoms with van der Waals surface area (Å²) in [5, 5.41) is 19.6. The Hall–Kier alpha value is -0.660. The quantitative estimate of drug-likeness (QED) is 0.182. The van der Waals surface area contributed by atoms with Crippen molar-refractivity contribution in [1.29, 1.82) is 0 Å². The van der Waals surface area contributed by atoms with Crippen LogP contribution in [0.3, 0.4) is 0 Å². The first-order valence-corrected chi connectivity index (χ1v) is 25.5. The van der Waals surface area contributed by atoms with E-state index < -0.39 is 23.4 Å². The molecule has 2 atom stereocenters. The van der Waals surface area contributed by atoms with Crippen LogP contribution >= 0.6 is 0 Å². The molecular weight excluding hydrogens is 827 g/mol. The van der Waals surface area contributed by atoms with E-state index in [1.165, 1.54) is 77.8 Å². The molecule has 12 heteroatoms. The highest BCUT2D eigenvalue weighted by Gasteiger charge is 2.55. The second-order valence-corrected chi connectivity index (χ2v) is 26.4. The van der Waals surface area contributed by atoms with Gasteiger partial charge in [-0.2, -0.15) is 26.3 Å². The van der Waals surface area contributed by atoms with Crippen molar-refractivity contribution in [3.8, 4) is 0 Å². The normalized spacial score (nSPS) is 31.1. The number of likely N-dealkylation sites (tertiary alicyclic amines) is 1. The number of alkyl halides is 6. The van der Waals surface area contributed by atoms with Crippen LogP contribution in [0, 0.1) is 39.9 Å². The molecular formula is C52H98F6N4O2. The first-order chi connectivity index (χ1) is 29.0. The van der Waals surface area contributed by atoms with Crippen molar-refractivity contribution in [2.75, 3.05) is 39.3 Å². The Bertz CT molecular complexity index is 1270. The molecule has 6 fully saturated rings. The SMILES string of the molecule is CC(C)(C)CC1CC2(C1)CN(C1CCCCC1)C2.CC(C)(C)NCC1CCC(C)(C(F)(F)F)CC1.CC(C)(C)NCC1CCC(O)(C(F)(F)F)CC1.CC1COC(CNC(C)(C)C)C1. The van der Waals surface area contributed by atoms with E-state index in [-0.39, 0.29) is 48.2 Å². The lowest BCUT2D eigenvalue weighted by molar-refractivity contribution is -0.271. The molecule has 380 valence electrons. The van der Waals surface area contributed by atoms with Gasteiger partial charge < -0.3 is 25.8 Å². The van der Waals surface area contributed by atoms with Gasteiger partial charge in [-0.15, -0.1) is 0 Å². The number of hydrogen-bond donors (Lipinski definition) is 4. The van der Waals surface area contributed by atoms with Gasteiger partial charge in [-0.05, 0) is 200 Å². The first kappa shape index (κ1) is 57.7. The van der Waals surface area contributed by atoms with Gasteiger partial charge in [-0.1, -0.05) is 53.9 Å². The monoisotopic (exact) mass is 925 g/mol. The maximum Gasteiger partial charge on any atom is 0.417 e. The van der Waals surface area contributed by atoms with Crippen LogP contribution < -0.4 is 16.0 Å². The molecule has 64 heavy (non-hydrogen) atoms. The maximum absolute atomic E-state index is 12.8. The van der Waals surface area contributed by atoms with E-state index in [0.29, 0.717) is 43.1 Å². The molecule has 0 aromatic carbocycles. The highest BCUT2D eigenvalue weighted by atomic mass is 19.4. The van der Waals surface area contributed by atoms with E-state index in [0.717, 1.165) is 49.5 Å². The molecule has 4 aliphatic carbocycles. The van der Waals surface area contributed by atoms with Crippen LogP contribution in [0.15, 0.2) is 0 Å². The minimum absolute atomic E-state index is 0.0161. The fraction of sp³-hybridized carbons (Fsp3) is 1.00. The molecule has 0 aromatic heterocycles. The molecule has 0 amide bonds. The predicted molar refractivity (Wildman–Crippen MR) is 254 cm³/mol. The second-order valence-electron chi connectivity index (χ2n) is 26.4. The average Bonchev–Trinajstić information content (AvgIpc) is 3.54. The summed E-state index contributed by atoms with van der Waals surface area (Å²) in [4.78, 5) is 2.81. The molecule has 0 bridgehead atoms. The number of hydrogen-bond acceptors (Lipinski definition) is 6. The Morgan fingerprint density at radius 2 is 1.03 bits per heavy atom. The second kappa shape index (κ2) is 22.8. The fourth-order valence-electron chi connectivity index (χ4n) is 10.7. The van der Waals surface area contributed by atoms with Crippen molar-refractivity contribution in [1.82, 2.24) is 20.9 Å². The number of nitrogens with zero attached hydrogens (tertiary/aromatic N) is 1. The molecule has 0 aromatic rings. The summed E-state index contributed by atoms with van der Waals surface area (Å²) in [5.41, 5.74) is -2.33. The highest BCUT2D eigenvalue weighted by Crippen LogP contribution is 2.56. The van der Waals surface area contributed by atoms with Crippen LogP contribution in [0.1, 0.15) is 206 Å². The van der Waals surface area contributed by atoms with E-state index in [9.17, 15) is 31.4 Å². The largest absolute Gasteiger partial charge is 0.417 e. The Labute approximate surface area is 388 Å². The Kier molecular flexibility index (Phi) is 20.6. The Balaban J connectivity index is 0.000000229.